The molecule has 1 aromatic heterocycles. The monoisotopic (exact) mass is 234 g/mol. The minimum atomic E-state index is 0.521. The van der Waals surface area contributed by atoms with Crippen molar-refractivity contribution in [2.45, 2.75) is 26.3 Å². The van der Waals surface area contributed by atoms with Crippen LogP contribution in [-0.4, -0.2) is 9.78 Å². The van der Waals surface area contributed by atoms with Crippen LogP contribution in [0, 0.1) is 13.8 Å². The predicted molar refractivity (Wildman–Crippen MR) is 66.8 cm³/mol. The van der Waals surface area contributed by atoms with Gasteiger partial charge >= 0.3 is 0 Å². The Morgan fingerprint density at radius 1 is 1.31 bits per heavy atom. The van der Waals surface area contributed by atoms with Gasteiger partial charge in [0, 0.05) is 11.8 Å². The van der Waals surface area contributed by atoms with Crippen LogP contribution in [0.15, 0.2) is 30.6 Å². The molecule has 1 heterocycles. The third kappa shape index (κ3) is 2.45. The van der Waals surface area contributed by atoms with Crippen LogP contribution in [-0.2, 0) is 12.4 Å². The van der Waals surface area contributed by atoms with Gasteiger partial charge in [0.2, 0.25) is 0 Å². The van der Waals surface area contributed by atoms with E-state index in [4.69, 9.17) is 11.6 Å². The average molecular weight is 235 g/mol. The minimum absolute atomic E-state index is 0.521. The number of aryl methyl sites for hydroxylation is 2. The standard InChI is InChI=1S/C13H15ClN2/c1-10-3-4-11(2)13(5-10)9-16-8-12(6-14)7-15-16/h3-5,7-8H,6,9H2,1-2H3. The number of alkyl halides is 1. The van der Waals surface area contributed by atoms with Gasteiger partial charge in [-0.15, -0.1) is 11.6 Å². The lowest BCUT2D eigenvalue weighted by Crippen LogP contribution is -2.02. The van der Waals surface area contributed by atoms with E-state index in [0.29, 0.717) is 5.88 Å². The number of halogens is 1. The summed E-state index contributed by atoms with van der Waals surface area (Å²) < 4.78 is 1.93. The summed E-state index contributed by atoms with van der Waals surface area (Å²) in [6.07, 6.45) is 3.81. The molecule has 0 amide bonds. The molecule has 0 saturated heterocycles. The van der Waals surface area contributed by atoms with Crippen molar-refractivity contribution in [3.05, 3.63) is 52.8 Å². The molecule has 1 aromatic carbocycles. The number of hydrogen-bond acceptors (Lipinski definition) is 1. The van der Waals surface area contributed by atoms with Gasteiger partial charge in [-0.1, -0.05) is 23.8 Å². The fraction of sp³-hybridized carbons (Fsp3) is 0.308. The van der Waals surface area contributed by atoms with Crippen LogP contribution < -0.4 is 0 Å². The molecule has 0 fully saturated rings. The summed E-state index contributed by atoms with van der Waals surface area (Å²) in [7, 11) is 0. The molecule has 2 nitrogen and oxygen atoms in total. The van der Waals surface area contributed by atoms with Crippen molar-refractivity contribution in [1.82, 2.24) is 9.78 Å². The highest BCUT2D eigenvalue weighted by Gasteiger charge is 2.02. The molecule has 0 N–H and O–H groups in total. The molecular weight excluding hydrogens is 220 g/mol. The number of nitrogens with zero attached hydrogens (tertiary/aromatic N) is 2. The molecule has 0 bridgehead atoms. The summed E-state index contributed by atoms with van der Waals surface area (Å²) in [5.74, 6) is 0.521. The van der Waals surface area contributed by atoms with Crippen LogP contribution in [0.3, 0.4) is 0 Å². The molecule has 0 atom stereocenters. The number of benzene rings is 1. The van der Waals surface area contributed by atoms with Crippen molar-refractivity contribution in [3.8, 4) is 0 Å². The molecule has 16 heavy (non-hydrogen) atoms. The van der Waals surface area contributed by atoms with Crippen LogP contribution in [0.4, 0.5) is 0 Å². The lowest BCUT2D eigenvalue weighted by Gasteiger charge is -2.07. The molecule has 2 rings (SSSR count). The molecule has 0 aliphatic heterocycles. The second kappa shape index (κ2) is 4.71. The van der Waals surface area contributed by atoms with Gasteiger partial charge in [0.25, 0.3) is 0 Å². The van der Waals surface area contributed by atoms with E-state index in [1.54, 1.807) is 0 Å². The van der Waals surface area contributed by atoms with E-state index in [-0.39, 0.29) is 0 Å². The van der Waals surface area contributed by atoms with Gasteiger partial charge in [-0.05, 0) is 25.0 Å². The highest BCUT2D eigenvalue weighted by molar-refractivity contribution is 6.17. The molecule has 84 valence electrons. The van der Waals surface area contributed by atoms with Crippen LogP contribution in [0.1, 0.15) is 22.3 Å². The average Bonchev–Trinajstić information content (AvgIpc) is 2.71. The predicted octanol–water partition coefficient (Wildman–Crippen LogP) is 3.29. The molecule has 0 radical (unpaired) electrons. The van der Waals surface area contributed by atoms with Crippen LogP contribution in [0.25, 0.3) is 0 Å². The number of rotatable bonds is 3. The summed E-state index contributed by atoms with van der Waals surface area (Å²) >= 11 is 5.75. The smallest absolute Gasteiger partial charge is 0.0662 e. The summed E-state index contributed by atoms with van der Waals surface area (Å²) in [6.45, 7) is 5.04. The first kappa shape index (κ1) is 11.2. The Hall–Kier alpha value is -1.28. The van der Waals surface area contributed by atoms with Crippen molar-refractivity contribution in [2.75, 3.05) is 0 Å². The van der Waals surface area contributed by atoms with Gasteiger partial charge in [0.05, 0.1) is 18.6 Å². The molecular formula is C13H15ClN2. The zero-order valence-electron chi connectivity index (χ0n) is 9.57. The van der Waals surface area contributed by atoms with E-state index >= 15 is 0 Å². The van der Waals surface area contributed by atoms with E-state index in [9.17, 15) is 0 Å². The molecule has 0 saturated carbocycles. The Bertz CT molecular complexity index is 488. The first-order valence-corrected chi connectivity index (χ1v) is 5.86. The highest BCUT2D eigenvalue weighted by atomic mass is 35.5. The summed E-state index contributed by atoms with van der Waals surface area (Å²) in [6, 6.07) is 6.49. The maximum atomic E-state index is 5.75. The summed E-state index contributed by atoms with van der Waals surface area (Å²) in [5, 5.41) is 4.29. The van der Waals surface area contributed by atoms with Crippen LogP contribution >= 0.6 is 11.6 Å². The van der Waals surface area contributed by atoms with Gasteiger partial charge in [-0.3, -0.25) is 4.68 Å². The van der Waals surface area contributed by atoms with Crippen molar-refractivity contribution in [3.63, 3.8) is 0 Å². The van der Waals surface area contributed by atoms with Crippen molar-refractivity contribution in [2.24, 2.45) is 0 Å². The minimum Gasteiger partial charge on any atom is -0.268 e. The quantitative estimate of drug-likeness (QED) is 0.746. The molecule has 0 unspecified atom stereocenters. The zero-order chi connectivity index (χ0) is 11.5. The fourth-order valence-electron chi connectivity index (χ4n) is 1.71. The second-order valence-electron chi connectivity index (χ2n) is 4.11. The lowest BCUT2D eigenvalue weighted by molar-refractivity contribution is 0.683. The third-order valence-corrected chi connectivity index (χ3v) is 2.99. The maximum absolute atomic E-state index is 5.75. The highest BCUT2D eigenvalue weighted by Crippen LogP contribution is 2.12. The van der Waals surface area contributed by atoms with Gasteiger partial charge in [0.15, 0.2) is 0 Å². The summed E-state index contributed by atoms with van der Waals surface area (Å²) in [5.41, 5.74) is 4.95. The lowest BCUT2D eigenvalue weighted by atomic mass is 10.1. The van der Waals surface area contributed by atoms with Crippen LogP contribution in [0.5, 0.6) is 0 Å². The Morgan fingerprint density at radius 2 is 2.12 bits per heavy atom. The van der Waals surface area contributed by atoms with Crippen LogP contribution in [0.2, 0.25) is 0 Å². The van der Waals surface area contributed by atoms with E-state index in [0.717, 1.165) is 12.1 Å². The number of aromatic nitrogens is 2. The molecule has 3 heteroatoms. The Balaban J connectivity index is 2.22. The molecule has 0 aliphatic carbocycles. The van der Waals surface area contributed by atoms with Crippen molar-refractivity contribution < 1.29 is 0 Å². The van der Waals surface area contributed by atoms with E-state index < -0.39 is 0 Å². The zero-order valence-corrected chi connectivity index (χ0v) is 10.3. The normalized spacial score (nSPS) is 10.7. The molecule has 2 aromatic rings. The Labute approximate surface area is 101 Å². The van der Waals surface area contributed by atoms with Gasteiger partial charge in [0.1, 0.15) is 0 Å². The first-order valence-electron chi connectivity index (χ1n) is 5.32. The Kier molecular flexibility index (Phi) is 3.30. The van der Waals surface area contributed by atoms with Crippen molar-refractivity contribution in [1.29, 1.82) is 0 Å². The van der Waals surface area contributed by atoms with E-state index in [2.05, 4.69) is 37.1 Å². The van der Waals surface area contributed by atoms with Gasteiger partial charge in [-0.2, -0.15) is 5.10 Å². The number of hydrogen-bond donors (Lipinski definition) is 0. The maximum Gasteiger partial charge on any atom is 0.0662 e. The van der Waals surface area contributed by atoms with Gasteiger partial charge < -0.3 is 0 Å². The molecule has 0 aliphatic rings. The third-order valence-electron chi connectivity index (χ3n) is 2.68. The first-order chi connectivity index (χ1) is 7.69. The summed E-state index contributed by atoms with van der Waals surface area (Å²) in [4.78, 5) is 0. The Morgan fingerprint density at radius 3 is 2.81 bits per heavy atom. The van der Waals surface area contributed by atoms with E-state index in [1.165, 1.54) is 16.7 Å². The molecule has 0 spiro atoms. The topological polar surface area (TPSA) is 17.8 Å². The fourth-order valence-corrected chi connectivity index (χ4v) is 1.85. The SMILES string of the molecule is Cc1ccc(C)c(Cn2cc(CCl)cn2)c1. The van der Waals surface area contributed by atoms with E-state index in [1.807, 2.05) is 17.1 Å². The van der Waals surface area contributed by atoms with Gasteiger partial charge in [-0.25, -0.2) is 0 Å². The van der Waals surface area contributed by atoms with Crippen molar-refractivity contribution >= 4 is 11.6 Å². The largest absolute Gasteiger partial charge is 0.268 e. The second-order valence-corrected chi connectivity index (χ2v) is 4.38.